The smallest absolute Gasteiger partial charge is 0.326 e. The molecule has 0 radical (unpaired) electrons. The molecule has 3 heterocycles. The number of carbonyl (C=O) groups is 9. The van der Waals surface area contributed by atoms with Gasteiger partial charge >= 0.3 is 11.9 Å². The van der Waals surface area contributed by atoms with Crippen LogP contribution >= 0.6 is 0 Å². The minimum atomic E-state index is -1.68. The summed E-state index contributed by atoms with van der Waals surface area (Å²) in [5.41, 5.74) is 10.6. The predicted molar refractivity (Wildman–Crippen MR) is 211 cm³/mol. The number of aliphatic hydroxyl groups is 3. The van der Waals surface area contributed by atoms with E-state index in [0.29, 0.717) is 6.42 Å². The highest BCUT2D eigenvalue weighted by Crippen LogP contribution is 2.35. The number of ether oxygens (including phenoxy) is 5. The average Bonchev–Trinajstić information content (AvgIpc) is 3.66. The van der Waals surface area contributed by atoms with Crippen LogP contribution in [0.5, 0.6) is 0 Å². The fourth-order valence-corrected chi connectivity index (χ4v) is 7.00. The van der Waals surface area contributed by atoms with Crippen LogP contribution in [0.3, 0.4) is 0 Å². The van der Waals surface area contributed by atoms with Crippen molar-refractivity contribution in [2.24, 2.45) is 11.5 Å². The van der Waals surface area contributed by atoms with Gasteiger partial charge in [-0.25, -0.2) is 9.59 Å². The third kappa shape index (κ3) is 15.5. The Morgan fingerprint density at radius 1 is 0.781 bits per heavy atom. The Labute approximate surface area is 366 Å². The summed E-state index contributed by atoms with van der Waals surface area (Å²) in [4.78, 5) is 110. The van der Waals surface area contributed by atoms with E-state index in [2.05, 4.69) is 31.9 Å². The van der Waals surface area contributed by atoms with Crippen molar-refractivity contribution in [3.8, 4) is 0 Å². The number of nitrogens with two attached hydrogens (primary N) is 2. The van der Waals surface area contributed by atoms with Crippen molar-refractivity contribution in [2.45, 2.75) is 158 Å². The second-order valence-electron chi connectivity index (χ2n) is 15.6. The summed E-state index contributed by atoms with van der Waals surface area (Å²) in [6, 6.07) is -8.06. The van der Waals surface area contributed by atoms with Crippen LogP contribution < -0.4 is 43.4 Å². The molecule has 3 fully saturated rings. The largest absolute Gasteiger partial charge is 0.480 e. The highest BCUT2D eigenvalue weighted by molar-refractivity contribution is 5.91. The van der Waals surface area contributed by atoms with Crippen LogP contribution in [-0.4, -0.2) is 190 Å². The second-order valence-corrected chi connectivity index (χ2v) is 15.6. The zero-order chi connectivity index (χ0) is 48.0. The fraction of sp³-hybridized carbons (Fsp3) is 0.757. The summed E-state index contributed by atoms with van der Waals surface area (Å²) in [5, 5.41) is 64.9. The molecule has 64 heavy (non-hydrogen) atoms. The number of fused-ring (bicyclic) bond motifs is 2. The van der Waals surface area contributed by atoms with Crippen molar-refractivity contribution in [3.63, 3.8) is 0 Å². The molecule has 27 heteroatoms. The maximum Gasteiger partial charge on any atom is 0.326 e. The number of aliphatic carboxylic acids is 2. The molecule has 362 valence electrons. The van der Waals surface area contributed by atoms with Crippen LogP contribution in [0.1, 0.15) is 66.2 Å². The topological polar surface area (TPSA) is 425 Å². The molecule has 7 amide bonds. The van der Waals surface area contributed by atoms with Crippen LogP contribution in [0.4, 0.5) is 0 Å². The Balaban J connectivity index is 1.60. The van der Waals surface area contributed by atoms with E-state index in [9.17, 15) is 68.7 Å². The molecule has 0 saturated carbocycles. The van der Waals surface area contributed by atoms with Crippen molar-refractivity contribution >= 4 is 53.3 Å². The second kappa shape index (κ2) is 24.8. The summed E-state index contributed by atoms with van der Waals surface area (Å²) in [6.07, 6.45) is -13.1. The van der Waals surface area contributed by atoms with Crippen molar-refractivity contribution in [3.05, 3.63) is 0 Å². The van der Waals surface area contributed by atoms with Gasteiger partial charge in [-0.05, 0) is 39.5 Å². The van der Waals surface area contributed by atoms with Gasteiger partial charge in [0.25, 0.3) is 0 Å². The Bertz CT molecular complexity index is 1690. The quantitative estimate of drug-likeness (QED) is 0.0379. The van der Waals surface area contributed by atoms with Crippen LogP contribution in [0, 0.1) is 0 Å². The first-order chi connectivity index (χ1) is 30.0. The number of carbonyl (C=O) groups excluding carboxylic acids is 7. The molecule has 15 atom stereocenters. The van der Waals surface area contributed by atoms with E-state index in [1.165, 1.54) is 20.8 Å². The zero-order valence-electron chi connectivity index (χ0n) is 35.6. The summed E-state index contributed by atoms with van der Waals surface area (Å²) >= 11 is 0. The lowest BCUT2D eigenvalue weighted by molar-refractivity contribution is -0.313. The highest BCUT2D eigenvalue weighted by Gasteiger charge is 2.56. The number of nitrogens with one attached hydrogen (secondary N) is 6. The first kappa shape index (κ1) is 53.2. The lowest BCUT2D eigenvalue weighted by Crippen LogP contribution is -2.68. The molecule has 0 aliphatic carbocycles. The average molecular weight is 921 g/mol. The highest BCUT2D eigenvalue weighted by atomic mass is 16.8. The molecule has 0 aromatic heterocycles. The standard InChI is InChI=1S/C37H60N8O19/c1-14(31(53)45-20(35(58)59)8-9-24(50)44-19(34(56)57)7-5-6-10-40-33(55)18(38)11-23(39)49)41-32(54)15(2)61-30-26(43-17(4)48)36-60-13-22(63-36)29(30)64-37-25(42-16(3)47)28(52)27(51)21(12-46)62-37/h14-15,18-22,25-30,36-37,46,51-52H,5-13,38H2,1-4H3,(H2,39,49)(H,40,55)(H,41,54)(H,42,47)(H,43,48)(H,44,50)(H,45,53)(H,56,57)(H,58,59). The number of aliphatic hydroxyl groups excluding tert-OH is 3. The zero-order valence-corrected chi connectivity index (χ0v) is 35.6. The van der Waals surface area contributed by atoms with Crippen molar-refractivity contribution in [2.75, 3.05) is 19.8 Å². The van der Waals surface area contributed by atoms with Crippen molar-refractivity contribution < 1.29 is 92.4 Å². The van der Waals surface area contributed by atoms with Gasteiger partial charge < -0.3 is 92.6 Å². The predicted octanol–water partition coefficient (Wildman–Crippen LogP) is -6.74. The third-order valence-electron chi connectivity index (χ3n) is 10.4. The van der Waals surface area contributed by atoms with E-state index < -0.39 is 164 Å². The number of hydrogen-bond acceptors (Lipinski definition) is 18. The van der Waals surface area contributed by atoms with E-state index in [1.54, 1.807) is 0 Å². The number of unbranched alkanes of at least 4 members (excludes halogenated alkanes) is 1. The van der Waals surface area contributed by atoms with Crippen LogP contribution in [0.2, 0.25) is 0 Å². The van der Waals surface area contributed by atoms with Gasteiger partial charge in [0.1, 0.15) is 72.9 Å². The van der Waals surface area contributed by atoms with E-state index in [4.69, 9.17) is 35.2 Å². The molecule has 3 rings (SSSR count). The molecule has 27 nitrogen and oxygen atoms in total. The molecule has 3 aliphatic rings. The lowest BCUT2D eigenvalue weighted by Gasteiger charge is -2.47. The number of carboxylic acid groups (broad SMARTS) is 2. The maximum absolute atomic E-state index is 13.4. The van der Waals surface area contributed by atoms with Crippen LogP contribution in [0.15, 0.2) is 0 Å². The molecule has 2 bridgehead atoms. The molecule has 0 aromatic rings. The molecule has 3 saturated heterocycles. The first-order valence-corrected chi connectivity index (χ1v) is 20.5. The Morgan fingerprint density at radius 2 is 1.41 bits per heavy atom. The van der Waals surface area contributed by atoms with E-state index in [1.807, 2.05) is 0 Å². The SMILES string of the molecule is CC(=O)NC1C(OC2C3COC(O3)C(NC(C)=O)C2OC(C)C(=O)NC(C)C(=O)NC(CCC(=O)NC(CCCCNC(=O)C(N)CC(N)=O)C(=O)O)C(=O)O)OC(CO)C(O)C1O. The number of rotatable bonds is 25. The summed E-state index contributed by atoms with van der Waals surface area (Å²) in [6.45, 7) is 4.11. The van der Waals surface area contributed by atoms with Gasteiger partial charge in [0.2, 0.25) is 41.4 Å². The summed E-state index contributed by atoms with van der Waals surface area (Å²) in [7, 11) is 0. The maximum atomic E-state index is 13.4. The Kier molecular flexibility index (Phi) is 20.6. The van der Waals surface area contributed by atoms with Crippen molar-refractivity contribution in [1.82, 2.24) is 31.9 Å². The molecule has 0 spiro atoms. The van der Waals surface area contributed by atoms with Crippen molar-refractivity contribution in [1.29, 1.82) is 0 Å². The molecule has 3 aliphatic heterocycles. The van der Waals surface area contributed by atoms with Gasteiger partial charge in [-0.2, -0.15) is 0 Å². The van der Waals surface area contributed by atoms with Crippen LogP contribution in [0.25, 0.3) is 0 Å². The first-order valence-electron chi connectivity index (χ1n) is 20.5. The molecular formula is C37H60N8O19. The molecule has 0 aromatic carbocycles. The fourth-order valence-electron chi connectivity index (χ4n) is 7.00. The number of amides is 7. The molecule has 15 unspecified atom stereocenters. The minimum absolute atomic E-state index is 0.0536. The minimum Gasteiger partial charge on any atom is -0.480 e. The molecular weight excluding hydrogens is 860 g/mol. The van der Waals surface area contributed by atoms with Gasteiger partial charge in [-0.15, -0.1) is 0 Å². The Morgan fingerprint density at radius 3 is 2.00 bits per heavy atom. The van der Waals surface area contributed by atoms with Gasteiger partial charge in [-0.3, -0.25) is 33.6 Å². The van der Waals surface area contributed by atoms with E-state index in [-0.39, 0.29) is 32.4 Å². The lowest BCUT2D eigenvalue weighted by atomic mass is 9.95. The number of carboxylic acids is 2. The third-order valence-corrected chi connectivity index (χ3v) is 10.4. The summed E-state index contributed by atoms with van der Waals surface area (Å²) < 4.78 is 29.6. The monoisotopic (exact) mass is 920 g/mol. The normalized spacial score (nSPS) is 28.5. The van der Waals surface area contributed by atoms with E-state index >= 15 is 0 Å². The van der Waals surface area contributed by atoms with E-state index in [0.717, 1.165) is 6.92 Å². The van der Waals surface area contributed by atoms with Gasteiger partial charge in [-0.1, -0.05) is 0 Å². The summed E-state index contributed by atoms with van der Waals surface area (Å²) in [5.74, 6) is -8.19. The Hall–Kier alpha value is -5.13. The number of hydrogen-bond donors (Lipinski definition) is 13. The number of primary amides is 1. The van der Waals surface area contributed by atoms with Gasteiger partial charge in [0.15, 0.2) is 12.6 Å². The molecule has 15 N–H and O–H groups in total. The van der Waals surface area contributed by atoms with Gasteiger partial charge in [0.05, 0.1) is 25.7 Å². The van der Waals surface area contributed by atoms with Crippen LogP contribution in [-0.2, 0) is 66.8 Å². The van der Waals surface area contributed by atoms with Gasteiger partial charge in [0, 0.05) is 26.8 Å².